The molecule has 38 heavy (non-hydrogen) atoms. The summed E-state index contributed by atoms with van der Waals surface area (Å²) in [6, 6.07) is 23.6. The number of fused-ring (bicyclic) bond motifs is 1. The molecule has 1 aliphatic carbocycles. The zero-order chi connectivity index (χ0) is 26.5. The van der Waals surface area contributed by atoms with Gasteiger partial charge in [-0.2, -0.15) is 5.10 Å². The summed E-state index contributed by atoms with van der Waals surface area (Å²) in [5.74, 6) is -0.562. The van der Waals surface area contributed by atoms with Gasteiger partial charge in [0.1, 0.15) is 6.54 Å². The lowest BCUT2D eigenvalue weighted by Crippen LogP contribution is -2.38. The number of hydrogen-bond acceptors (Lipinski definition) is 5. The molecule has 0 unspecified atom stereocenters. The van der Waals surface area contributed by atoms with Gasteiger partial charge in [0, 0.05) is 41.9 Å². The van der Waals surface area contributed by atoms with Crippen LogP contribution in [0.5, 0.6) is 0 Å². The molecule has 3 N–H and O–H groups in total. The van der Waals surface area contributed by atoms with Gasteiger partial charge in [0.2, 0.25) is 11.8 Å². The van der Waals surface area contributed by atoms with E-state index in [1.807, 2.05) is 42.5 Å². The molecule has 5 rings (SSSR count). The third-order valence-electron chi connectivity index (χ3n) is 6.30. The lowest BCUT2D eigenvalue weighted by Gasteiger charge is -2.10. The van der Waals surface area contributed by atoms with Crippen molar-refractivity contribution in [1.82, 2.24) is 20.4 Å². The first-order valence-corrected chi connectivity index (χ1v) is 12.5. The molecule has 0 saturated heterocycles. The third kappa shape index (κ3) is 6.12. The molecule has 0 atom stereocenters. The Morgan fingerprint density at radius 1 is 0.842 bits per heavy atom. The van der Waals surface area contributed by atoms with E-state index in [-0.39, 0.29) is 48.8 Å². The molecule has 1 saturated carbocycles. The van der Waals surface area contributed by atoms with Gasteiger partial charge in [-0.1, -0.05) is 36.4 Å². The maximum absolute atomic E-state index is 12.4. The molecule has 9 heteroatoms. The van der Waals surface area contributed by atoms with E-state index in [1.165, 1.54) is 6.07 Å². The summed E-state index contributed by atoms with van der Waals surface area (Å²) in [7, 11) is 0. The fourth-order valence-corrected chi connectivity index (χ4v) is 4.03. The van der Waals surface area contributed by atoms with Crippen LogP contribution in [-0.4, -0.2) is 40.6 Å². The van der Waals surface area contributed by atoms with Gasteiger partial charge in [-0.25, -0.2) is 4.68 Å². The number of hydrogen-bond donors (Lipinski definition) is 3. The van der Waals surface area contributed by atoms with Crippen molar-refractivity contribution in [3.8, 4) is 11.3 Å². The molecule has 192 valence electrons. The first-order chi connectivity index (χ1) is 18.5. The molecule has 4 aromatic rings. The van der Waals surface area contributed by atoms with Crippen LogP contribution in [0.1, 0.15) is 23.2 Å². The highest BCUT2D eigenvalue weighted by Crippen LogP contribution is 2.30. The number of aromatic nitrogens is 2. The van der Waals surface area contributed by atoms with Crippen LogP contribution in [0.2, 0.25) is 0 Å². The molecule has 9 nitrogen and oxygen atoms in total. The Balaban J connectivity index is 1.10. The minimum absolute atomic E-state index is 0.0100. The van der Waals surface area contributed by atoms with Crippen LogP contribution >= 0.6 is 0 Å². The average molecular weight is 510 g/mol. The van der Waals surface area contributed by atoms with Gasteiger partial charge in [0.15, 0.2) is 0 Å². The highest BCUT2D eigenvalue weighted by atomic mass is 16.2. The fourth-order valence-electron chi connectivity index (χ4n) is 4.03. The van der Waals surface area contributed by atoms with E-state index >= 15 is 0 Å². The van der Waals surface area contributed by atoms with Gasteiger partial charge >= 0.3 is 0 Å². The van der Waals surface area contributed by atoms with Gasteiger partial charge in [-0.3, -0.25) is 19.2 Å². The van der Waals surface area contributed by atoms with Crippen LogP contribution in [0, 0.1) is 5.92 Å². The van der Waals surface area contributed by atoms with E-state index in [0.717, 1.165) is 33.9 Å². The first-order valence-electron chi connectivity index (χ1n) is 12.5. The summed E-state index contributed by atoms with van der Waals surface area (Å²) in [4.78, 5) is 48.9. The van der Waals surface area contributed by atoms with Gasteiger partial charge < -0.3 is 16.0 Å². The Morgan fingerprint density at radius 3 is 2.34 bits per heavy atom. The lowest BCUT2D eigenvalue weighted by atomic mass is 10.1. The van der Waals surface area contributed by atoms with E-state index in [0.29, 0.717) is 16.9 Å². The van der Waals surface area contributed by atoms with Crippen molar-refractivity contribution in [3.63, 3.8) is 0 Å². The SMILES string of the molecule is O=C(Cn1nc(-c2ccc3ccccc3c2)ccc1=O)NCCNC(=O)c1ccc(NC(=O)C2CC2)cc1. The summed E-state index contributed by atoms with van der Waals surface area (Å²) in [6.07, 6.45) is 1.85. The Hall–Kier alpha value is -4.79. The zero-order valence-corrected chi connectivity index (χ0v) is 20.6. The van der Waals surface area contributed by atoms with Crippen LogP contribution in [0.15, 0.2) is 83.7 Å². The summed E-state index contributed by atoms with van der Waals surface area (Å²) in [5.41, 5.74) is 2.16. The van der Waals surface area contributed by atoms with Crippen molar-refractivity contribution in [2.45, 2.75) is 19.4 Å². The van der Waals surface area contributed by atoms with Crippen molar-refractivity contribution < 1.29 is 14.4 Å². The second-order valence-corrected chi connectivity index (χ2v) is 9.22. The molecule has 1 fully saturated rings. The highest BCUT2D eigenvalue weighted by Gasteiger charge is 2.29. The quantitative estimate of drug-likeness (QED) is 0.300. The minimum atomic E-state index is -0.389. The molecular formula is C29H27N5O4. The molecule has 0 spiro atoms. The van der Waals surface area contributed by atoms with Gasteiger partial charge in [0.25, 0.3) is 11.5 Å². The van der Waals surface area contributed by atoms with Crippen LogP contribution in [0.4, 0.5) is 5.69 Å². The van der Waals surface area contributed by atoms with E-state index < -0.39 is 0 Å². The topological polar surface area (TPSA) is 122 Å². The molecule has 0 radical (unpaired) electrons. The predicted octanol–water partition coefficient (Wildman–Crippen LogP) is 2.96. The summed E-state index contributed by atoms with van der Waals surface area (Å²) in [5, 5.41) is 14.8. The number of amides is 3. The number of nitrogens with zero attached hydrogens (tertiary/aromatic N) is 2. The molecule has 1 aromatic heterocycles. The number of nitrogens with one attached hydrogen (secondary N) is 3. The first kappa shape index (κ1) is 24.9. The van der Waals surface area contributed by atoms with Crippen molar-refractivity contribution in [3.05, 3.63) is 94.8 Å². The van der Waals surface area contributed by atoms with E-state index in [1.54, 1.807) is 30.3 Å². The van der Waals surface area contributed by atoms with Crippen LogP contribution in [0.25, 0.3) is 22.0 Å². The smallest absolute Gasteiger partial charge is 0.267 e. The lowest BCUT2D eigenvalue weighted by molar-refractivity contribution is -0.122. The van der Waals surface area contributed by atoms with E-state index in [4.69, 9.17) is 0 Å². The monoisotopic (exact) mass is 509 g/mol. The van der Waals surface area contributed by atoms with Crippen molar-refractivity contribution in [2.75, 3.05) is 18.4 Å². The number of benzene rings is 3. The van der Waals surface area contributed by atoms with Crippen LogP contribution in [0.3, 0.4) is 0 Å². The van der Waals surface area contributed by atoms with Crippen molar-refractivity contribution in [2.24, 2.45) is 5.92 Å². The molecule has 1 heterocycles. The number of anilines is 1. The van der Waals surface area contributed by atoms with Gasteiger partial charge in [-0.05, 0) is 60.0 Å². The van der Waals surface area contributed by atoms with E-state index in [2.05, 4.69) is 21.0 Å². The zero-order valence-electron chi connectivity index (χ0n) is 20.6. The average Bonchev–Trinajstić information content (AvgIpc) is 3.78. The maximum Gasteiger partial charge on any atom is 0.267 e. The number of rotatable bonds is 9. The Kier molecular flexibility index (Phi) is 7.26. The molecule has 1 aliphatic rings. The molecule has 0 aliphatic heterocycles. The number of carbonyl (C=O) groups is 3. The standard InChI is InChI=1S/C29H27N5O4/c35-26(30-15-16-31-28(37)20-9-11-24(12-10-20)32-29(38)21-6-7-21)18-34-27(36)14-13-25(33-34)23-8-5-19-3-1-2-4-22(19)17-23/h1-5,8-14,17,21H,6-7,15-16,18H2,(H,30,35)(H,31,37)(H,32,38). The molecule has 3 amide bonds. The van der Waals surface area contributed by atoms with Crippen molar-refractivity contribution >= 4 is 34.2 Å². The minimum Gasteiger partial charge on any atom is -0.353 e. The Bertz CT molecular complexity index is 1560. The maximum atomic E-state index is 12.4. The second kappa shape index (κ2) is 11.1. The molecular weight excluding hydrogens is 482 g/mol. The van der Waals surface area contributed by atoms with Crippen molar-refractivity contribution in [1.29, 1.82) is 0 Å². The third-order valence-corrected chi connectivity index (χ3v) is 6.30. The van der Waals surface area contributed by atoms with Gasteiger partial charge in [0.05, 0.1) is 5.69 Å². The summed E-state index contributed by atoms with van der Waals surface area (Å²) >= 11 is 0. The second-order valence-electron chi connectivity index (χ2n) is 9.22. The van der Waals surface area contributed by atoms with Gasteiger partial charge in [-0.15, -0.1) is 0 Å². The highest BCUT2D eigenvalue weighted by molar-refractivity contribution is 5.96. The Morgan fingerprint density at radius 2 is 1.58 bits per heavy atom. The fraction of sp³-hybridized carbons (Fsp3) is 0.207. The Labute approximate surface area is 218 Å². The molecule has 0 bridgehead atoms. The normalized spacial score (nSPS) is 12.6. The molecule has 3 aromatic carbocycles. The van der Waals surface area contributed by atoms with Crippen LogP contribution in [-0.2, 0) is 16.1 Å². The number of carbonyl (C=O) groups excluding carboxylic acids is 3. The largest absolute Gasteiger partial charge is 0.353 e. The predicted molar refractivity (Wildman–Crippen MR) is 145 cm³/mol. The summed E-state index contributed by atoms with van der Waals surface area (Å²) in [6.45, 7) is 0.172. The van der Waals surface area contributed by atoms with E-state index in [9.17, 15) is 19.2 Å². The van der Waals surface area contributed by atoms with Crippen LogP contribution < -0.4 is 21.5 Å². The summed E-state index contributed by atoms with van der Waals surface area (Å²) < 4.78 is 1.13.